The lowest BCUT2D eigenvalue weighted by Crippen LogP contribution is -2.37. The van der Waals surface area contributed by atoms with E-state index in [0.29, 0.717) is 5.92 Å². The maximum absolute atomic E-state index is 13.5. The zero-order chi connectivity index (χ0) is 13.7. The van der Waals surface area contributed by atoms with Crippen LogP contribution in [0.3, 0.4) is 0 Å². The number of carbonyl (C=O) groups excluding carboxylic acids is 1. The molecular weight excluding hydrogens is 233 g/mol. The van der Waals surface area contributed by atoms with Gasteiger partial charge in [-0.2, -0.15) is 0 Å². The Morgan fingerprint density at radius 2 is 2.11 bits per heavy atom. The maximum atomic E-state index is 13.5. The minimum absolute atomic E-state index is 0.0198. The van der Waals surface area contributed by atoms with Gasteiger partial charge in [0.05, 0.1) is 11.3 Å². The predicted molar refractivity (Wildman–Crippen MR) is 70.6 cm³/mol. The van der Waals surface area contributed by atoms with Gasteiger partial charge in [-0.05, 0) is 25.0 Å². The molecule has 4 N–H and O–H groups in total. The number of rotatable bonds is 5. The van der Waals surface area contributed by atoms with E-state index in [9.17, 15) is 9.18 Å². The Bertz CT molecular complexity index is 423. The van der Waals surface area contributed by atoms with Crippen molar-refractivity contribution in [1.82, 2.24) is 5.32 Å². The van der Waals surface area contributed by atoms with Gasteiger partial charge in [0.15, 0.2) is 0 Å². The summed E-state index contributed by atoms with van der Waals surface area (Å²) in [6.45, 7) is 6.04. The zero-order valence-corrected chi connectivity index (χ0v) is 11.0. The summed E-state index contributed by atoms with van der Waals surface area (Å²) in [6.07, 6.45) is 0.965. The molecule has 18 heavy (non-hydrogen) atoms. The quantitative estimate of drug-likeness (QED) is 0.557. The molecule has 0 saturated heterocycles. The fraction of sp³-hybridized carbons (Fsp3) is 0.462. The van der Waals surface area contributed by atoms with Crippen LogP contribution in [0.5, 0.6) is 0 Å². The zero-order valence-electron chi connectivity index (χ0n) is 11.0. The van der Waals surface area contributed by atoms with Gasteiger partial charge in [0, 0.05) is 6.04 Å². The number of para-hydroxylation sites is 1. The molecule has 5 heteroatoms. The number of anilines is 1. The van der Waals surface area contributed by atoms with Crippen LogP contribution >= 0.6 is 0 Å². The van der Waals surface area contributed by atoms with Crippen molar-refractivity contribution >= 4 is 11.6 Å². The fourth-order valence-corrected chi connectivity index (χ4v) is 1.64. The molecule has 0 aliphatic heterocycles. The Hall–Kier alpha value is -1.62. The lowest BCUT2D eigenvalue weighted by molar-refractivity contribution is 0.0928. The topological polar surface area (TPSA) is 67.2 Å². The highest BCUT2D eigenvalue weighted by molar-refractivity contribution is 5.99. The molecule has 1 aromatic rings. The highest BCUT2D eigenvalue weighted by Gasteiger charge is 2.18. The van der Waals surface area contributed by atoms with Crippen LogP contribution in [0.1, 0.15) is 37.6 Å². The molecule has 1 amide bonds. The van der Waals surface area contributed by atoms with Gasteiger partial charge < -0.3 is 10.7 Å². The molecule has 2 atom stereocenters. The van der Waals surface area contributed by atoms with Gasteiger partial charge in [-0.3, -0.25) is 10.6 Å². The molecule has 2 unspecified atom stereocenters. The number of hydrogen-bond acceptors (Lipinski definition) is 3. The van der Waals surface area contributed by atoms with Crippen LogP contribution in [0.25, 0.3) is 0 Å². The maximum Gasteiger partial charge on any atom is 0.253 e. The molecule has 0 aliphatic carbocycles. The molecule has 0 spiro atoms. The minimum atomic E-state index is -0.540. The third-order valence-electron chi connectivity index (χ3n) is 3.26. The van der Waals surface area contributed by atoms with E-state index in [1.165, 1.54) is 18.2 Å². The summed E-state index contributed by atoms with van der Waals surface area (Å²) in [7, 11) is 0. The van der Waals surface area contributed by atoms with E-state index in [4.69, 9.17) is 5.84 Å². The van der Waals surface area contributed by atoms with Gasteiger partial charge in [0.25, 0.3) is 5.91 Å². The summed E-state index contributed by atoms with van der Waals surface area (Å²) in [5.41, 5.74) is 2.46. The van der Waals surface area contributed by atoms with Gasteiger partial charge in [0.1, 0.15) is 5.82 Å². The third kappa shape index (κ3) is 3.20. The van der Waals surface area contributed by atoms with Crippen molar-refractivity contribution in [3.05, 3.63) is 29.6 Å². The first-order valence-corrected chi connectivity index (χ1v) is 6.07. The number of nitrogens with two attached hydrogens (primary N) is 1. The summed E-state index contributed by atoms with van der Waals surface area (Å²) in [5, 5.41) is 2.85. The number of nitrogen functional groups attached to an aromatic ring is 1. The van der Waals surface area contributed by atoms with Crippen LogP contribution in [0.4, 0.5) is 10.1 Å². The Morgan fingerprint density at radius 1 is 1.44 bits per heavy atom. The number of amides is 1. The molecule has 1 aromatic carbocycles. The molecule has 0 heterocycles. The molecule has 0 saturated carbocycles. The van der Waals surface area contributed by atoms with Crippen LogP contribution in [0.15, 0.2) is 18.2 Å². The van der Waals surface area contributed by atoms with Crippen molar-refractivity contribution in [3.8, 4) is 0 Å². The van der Waals surface area contributed by atoms with E-state index in [0.717, 1.165) is 6.42 Å². The second-order valence-corrected chi connectivity index (χ2v) is 4.45. The van der Waals surface area contributed by atoms with Crippen LogP contribution in [-0.2, 0) is 0 Å². The number of halogens is 1. The van der Waals surface area contributed by atoms with E-state index in [2.05, 4.69) is 24.6 Å². The van der Waals surface area contributed by atoms with Crippen molar-refractivity contribution in [2.24, 2.45) is 11.8 Å². The minimum Gasteiger partial charge on any atom is -0.349 e. The average molecular weight is 253 g/mol. The molecular formula is C13H20FN3O. The Morgan fingerprint density at radius 3 is 2.67 bits per heavy atom. The van der Waals surface area contributed by atoms with Crippen molar-refractivity contribution in [2.75, 3.05) is 5.43 Å². The normalized spacial score (nSPS) is 13.8. The summed E-state index contributed by atoms with van der Waals surface area (Å²) in [5.74, 6) is 4.73. The van der Waals surface area contributed by atoms with E-state index in [1.807, 2.05) is 6.92 Å². The molecule has 0 aliphatic rings. The van der Waals surface area contributed by atoms with Crippen LogP contribution in [-0.4, -0.2) is 11.9 Å². The van der Waals surface area contributed by atoms with E-state index >= 15 is 0 Å². The summed E-state index contributed by atoms with van der Waals surface area (Å²) >= 11 is 0. The predicted octanol–water partition coefficient (Wildman–Crippen LogP) is 2.28. The van der Waals surface area contributed by atoms with Gasteiger partial charge in [-0.25, -0.2) is 4.39 Å². The lowest BCUT2D eigenvalue weighted by atomic mass is 10.0. The number of benzene rings is 1. The Labute approximate surface area is 107 Å². The number of hydrazine groups is 1. The highest BCUT2D eigenvalue weighted by atomic mass is 19.1. The number of carbonyl (C=O) groups is 1. The second-order valence-electron chi connectivity index (χ2n) is 4.45. The van der Waals surface area contributed by atoms with Crippen molar-refractivity contribution in [2.45, 2.75) is 33.2 Å². The largest absolute Gasteiger partial charge is 0.349 e. The lowest BCUT2D eigenvalue weighted by Gasteiger charge is -2.20. The molecule has 0 aromatic heterocycles. The molecule has 1 rings (SSSR count). The standard InChI is InChI=1S/C13H20FN3O/c1-4-8(2)9(3)16-13(18)10-6-5-7-11(14)12(10)17-15/h5-9,17H,4,15H2,1-3H3,(H,16,18). The van der Waals surface area contributed by atoms with Crippen molar-refractivity contribution in [3.63, 3.8) is 0 Å². The van der Waals surface area contributed by atoms with Gasteiger partial charge >= 0.3 is 0 Å². The first-order chi connectivity index (χ1) is 8.51. The van der Waals surface area contributed by atoms with Crippen molar-refractivity contribution in [1.29, 1.82) is 0 Å². The molecule has 100 valence electrons. The fourth-order valence-electron chi connectivity index (χ4n) is 1.64. The summed E-state index contributed by atoms with van der Waals surface area (Å²) in [6, 6.07) is 4.30. The van der Waals surface area contributed by atoms with Gasteiger partial charge in [0.2, 0.25) is 0 Å². The van der Waals surface area contributed by atoms with E-state index in [1.54, 1.807) is 0 Å². The summed E-state index contributed by atoms with van der Waals surface area (Å²) < 4.78 is 13.5. The number of hydrogen-bond donors (Lipinski definition) is 3. The van der Waals surface area contributed by atoms with Crippen molar-refractivity contribution < 1.29 is 9.18 Å². The third-order valence-corrected chi connectivity index (χ3v) is 3.26. The molecule has 0 fully saturated rings. The van der Waals surface area contributed by atoms with Crippen LogP contribution < -0.4 is 16.6 Å². The van der Waals surface area contributed by atoms with E-state index < -0.39 is 5.82 Å². The summed E-state index contributed by atoms with van der Waals surface area (Å²) in [4.78, 5) is 12.0. The smallest absolute Gasteiger partial charge is 0.253 e. The average Bonchev–Trinajstić information content (AvgIpc) is 2.37. The molecule has 0 radical (unpaired) electrons. The second kappa shape index (κ2) is 6.35. The van der Waals surface area contributed by atoms with E-state index in [-0.39, 0.29) is 23.2 Å². The van der Waals surface area contributed by atoms with Crippen LogP contribution in [0.2, 0.25) is 0 Å². The Kier molecular flexibility index (Phi) is 5.09. The van der Waals surface area contributed by atoms with Crippen LogP contribution in [0, 0.1) is 11.7 Å². The molecule has 4 nitrogen and oxygen atoms in total. The SMILES string of the molecule is CCC(C)C(C)NC(=O)c1cccc(F)c1NN. The number of nitrogens with one attached hydrogen (secondary N) is 2. The van der Waals surface area contributed by atoms with Gasteiger partial charge in [-0.15, -0.1) is 0 Å². The molecule has 0 bridgehead atoms. The first-order valence-electron chi connectivity index (χ1n) is 6.07. The Balaban J connectivity index is 2.88. The first kappa shape index (κ1) is 14.4. The highest BCUT2D eigenvalue weighted by Crippen LogP contribution is 2.19. The van der Waals surface area contributed by atoms with Gasteiger partial charge in [-0.1, -0.05) is 26.3 Å². The monoisotopic (exact) mass is 253 g/mol.